The molecule has 0 radical (unpaired) electrons. The molecule has 0 bridgehead atoms. The molecule has 0 aliphatic heterocycles. The van der Waals surface area contributed by atoms with Gasteiger partial charge in [0.15, 0.2) is 0 Å². The van der Waals surface area contributed by atoms with Gasteiger partial charge >= 0.3 is 0 Å². The van der Waals surface area contributed by atoms with Crippen molar-refractivity contribution in [3.63, 3.8) is 0 Å². The fourth-order valence-electron chi connectivity index (χ4n) is 1.25. The summed E-state index contributed by atoms with van der Waals surface area (Å²) in [6.07, 6.45) is 1.25. The Morgan fingerprint density at radius 2 is 2.06 bits per heavy atom. The molecule has 1 N–H and O–H groups in total. The molecular weight excluding hydrogens is 264 g/mol. The normalized spacial score (nSPS) is 11.9. The minimum Gasteiger partial charge on any atom is -0.444 e. The second-order valence-electron chi connectivity index (χ2n) is 3.79. The molecule has 0 aliphatic rings. The van der Waals surface area contributed by atoms with Crippen LogP contribution in [-0.2, 0) is 16.6 Å². The average Bonchev–Trinajstić information content (AvgIpc) is 2.56. The topological polar surface area (TPSA) is 72.2 Å². The van der Waals surface area contributed by atoms with Crippen molar-refractivity contribution in [3.05, 3.63) is 17.3 Å². The van der Waals surface area contributed by atoms with Crippen molar-refractivity contribution in [2.24, 2.45) is 0 Å². The van der Waals surface area contributed by atoms with Gasteiger partial charge in [-0.05, 0) is 26.7 Å². The molecule has 1 heterocycles. The van der Waals surface area contributed by atoms with Gasteiger partial charge in [-0.15, -0.1) is 11.6 Å². The average molecular weight is 281 g/mol. The number of nitrogens with zero attached hydrogens (tertiary/aromatic N) is 1. The number of halogens is 1. The second kappa shape index (κ2) is 6.37. The Balaban J connectivity index is 2.44. The fraction of sp³-hybridized carbons (Fsp3) is 0.700. The van der Waals surface area contributed by atoms with E-state index in [1.165, 1.54) is 0 Å². The summed E-state index contributed by atoms with van der Waals surface area (Å²) in [5.74, 6) is 1.66. The molecule has 0 aromatic carbocycles. The van der Waals surface area contributed by atoms with Gasteiger partial charge in [-0.2, -0.15) is 0 Å². The van der Waals surface area contributed by atoms with Crippen molar-refractivity contribution in [2.45, 2.75) is 33.2 Å². The molecule has 0 unspecified atom stereocenters. The molecule has 1 aromatic rings. The van der Waals surface area contributed by atoms with E-state index in [2.05, 4.69) is 9.71 Å². The third kappa shape index (κ3) is 5.06. The fourth-order valence-corrected chi connectivity index (χ4v) is 2.51. The molecule has 17 heavy (non-hydrogen) atoms. The molecule has 98 valence electrons. The lowest BCUT2D eigenvalue weighted by molar-refractivity contribution is 0.463. The highest BCUT2D eigenvalue weighted by Gasteiger charge is 2.12. The standard InChI is InChI=1S/C10H17ClN2O3S/c1-8-9(2)16-10(13-8)7-12-17(14,15)6-4-3-5-11/h12H,3-7H2,1-2H3. The van der Waals surface area contributed by atoms with E-state index in [-0.39, 0.29) is 12.3 Å². The maximum absolute atomic E-state index is 11.5. The summed E-state index contributed by atoms with van der Waals surface area (Å²) in [6, 6.07) is 0. The van der Waals surface area contributed by atoms with Crippen LogP contribution in [0, 0.1) is 13.8 Å². The second-order valence-corrected chi connectivity index (χ2v) is 6.09. The van der Waals surface area contributed by atoms with E-state index in [1.807, 2.05) is 6.92 Å². The van der Waals surface area contributed by atoms with Crippen LogP contribution in [0.3, 0.4) is 0 Å². The van der Waals surface area contributed by atoms with Crippen LogP contribution in [0.5, 0.6) is 0 Å². The Kier molecular flexibility index (Phi) is 5.42. The van der Waals surface area contributed by atoms with Gasteiger partial charge in [-0.1, -0.05) is 0 Å². The van der Waals surface area contributed by atoms with Crippen molar-refractivity contribution in [3.8, 4) is 0 Å². The first-order valence-electron chi connectivity index (χ1n) is 5.41. The van der Waals surface area contributed by atoms with Crippen molar-refractivity contribution in [1.29, 1.82) is 0 Å². The first kappa shape index (κ1) is 14.5. The van der Waals surface area contributed by atoms with Crippen molar-refractivity contribution in [1.82, 2.24) is 9.71 Å². The van der Waals surface area contributed by atoms with Crippen LogP contribution in [0.15, 0.2) is 4.42 Å². The van der Waals surface area contributed by atoms with Gasteiger partial charge in [-0.3, -0.25) is 0 Å². The Morgan fingerprint density at radius 3 is 2.59 bits per heavy atom. The molecule has 0 fully saturated rings. The number of aryl methyl sites for hydroxylation is 2. The zero-order chi connectivity index (χ0) is 12.9. The van der Waals surface area contributed by atoms with Gasteiger partial charge in [-0.25, -0.2) is 18.1 Å². The van der Waals surface area contributed by atoms with Gasteiger partial charge in [0, 0.05) is 5.88 Å². The lowest BCUT2D eigenvalue weighted by Gasteiger charge is -2.03. The van der Waals surface area contributed by atoms with Gasteiger partial charge in [0.2, 0.25) is 15.9 Å². The van der Waals surface area contributed by atoms with Crippen LogP contribution in [0.25, 0.3) is 0 Å². The molecule has 5 nitrogen and oxygen atoms in total. The maximum Gasteiger partial charge on any atom is 0.212 e. The summed E-state index contributed by atoms with van der Waals surface area (Å²) in [6.45, 7) is 3.70. The van der Waals surface area contributed by atoms with Crippen LogP contribution in [-0.4, -0.2) is 25.0 Å². The molecule has 0 saturated heterocycles. The monoisotopic (exact) mass is 280 g/mol. The third-order valence-electron chi connectivity index (χ3n) is 2.31. The van der Waals surface area contributed by atoms with E-state index >= 15 is 0 Å². The third-order valence-corrected chi connectivity index (χ3v) is 3.99. The summed E-state index contributed by atoms with van der Waals surface area (Å²) in [5, 5.41) is 0. The van der Waals surface area contributed by atoms with Crippen LogP contribution >= 0.6 is 11.6 Å². The van der Waals surface area contributed by atoms with Crippen LogP contribution in [0.1, 0.15) is 30.2 Å². The summed E-state index contributed by atoms with van der Waals surface area (Å²) >= 11 is 5.48. The zero-order valence-electron chi connectivity index (χ0n) is 9.99. The molecule has 0 atom stereocenters. The summed E-state index contributed by atoms with van der Waals surface area (Å²) < 4.78 is 30.8. The lowest BCUT2D eigenvalue weighted by Crippen LogP contribution is -2.26. The molecule has 1 aromatic heterocycles. The van der Waals surface area contributed by atoms with Gasteiger partial charge < -0.3 is 4.42 Å². The minimum atomic E-state index is -3.26. The van der Waals surface area contributed by atoms with Crippen LogP contribution < -0.4 is 4.72 Å². The summed E-state index contributed by atoms with van der Waals surface area (Å²) in [7, 11) is -3.26. The van der Waals surface area contributed by atoms with E-state index in [0.717, 1.165) is 5.69 Å². The van der Waals surface area contributed by atoms with E-state index in [0.29, 0.717) is 30.4 Å². The number of unbranched alkanes of at least 4 members (excludes halogenated alkanes) is 1. The van der Waals surface area contributed by atoms with Crippen LogP contribution in [0.4, 0.5) is 0 Å². The van der Waals surface area contributed by atoms with E-state index in [9.17, 15) is 8.42 Å². The number of rotatable bonds is 7. The first-order valence-corrected chi connectivity index (χ1v) is 7.59. The molecular formula is C10H17ClN2O3S. The molecule has 1 rings (SSSR count). The number of sulfonamides is 1. The van der Waals surface area contributed by atoms with E-state index in [1.54, 1.807) is 6.92 Å². The molecule has 0 saturated carbocycles. The highest BCUT2D eigenvalue weighted by molar-refractivity contribution is 7.89. The SMILES string of the molecule is Cc1nc(CNS(=O)(=O)CCCCCl)oc1C. The highest BCUT2D eigenvalue weighted by atomic mass is 35.5. The largest absolute Gasteiger partial charge is 0.444 e. The van der Waals surface area contributed by atoms with Crippen LogP contribution in [0.2, 0.25) is 0 Å². The summed E-state index contributed by atoms with van der Waals surface area (Å²) in [4.78, 5) is 4.10. The Morgan fingerprint density at radius 1 is 1.35 bits per heavy atom. The number of alkyl halides is 1. The molecule has 0 spiro atoms. The highest BCUT2D eigenvalue weighted by Crippen LogP contribution is 2.08. The van der Waals surface area contributed by atoms with E-state index in [4.69, 9.17) is 16.0 Å². The molecule has 0 aliphatic carbocycles. The lowest BCUT2D eigenvalue weighted by atomic mass is 10.4. The number of hydrogen-bond donors (Lipinski definition) is 1. The van der Waals surface area contributed by atoms with Gasteiger partial charge in [0.1, 0.15) is 5.76 Å². The molecule has 0 amide bonds. The van der Waals surface area contributed by atoms with E-state index < -0.39 is 10.0 Å². The van der Waals surface area contributed by atoms with Crippen molar-refractivity contribution in [2.75, 3.05) is 11.6 Å². The Hall–Kier alpha value is -0.590. The number of oxazole rings is 1. The quantitative estimate of drug-likeness (QED) is 0.610. The zero-order valence-corrected chi connectivity index (χ0v) is 11.6. The minimum absolute atomic E-state index is 0.0817. The van der Waals surface area contributed by atoms with Crippen molar-refractivity contribution >= 4 is 21.6 Å². The summed E-state index contributed by atoms with van der Waals surface area (Å²) in [5.41, 5.74) is 0.779. The Bertz CT molecular complexity index is 437. The first-order chi connectivity index (χ1) is 7.94. The number of hydrogen-bond acceptors (Lipinski definition) is 4. The number of aromatic nitrogens is 1. The Labute approximate surface area is 107 Å². The van der Waals surface area contributed by atoms with Gasteiger partial charge in [0.05, 0.1) is 18.0 Å². The predicted molar refractivity (Wildman–Crippen MR) is 66.6 cm³/mol. The smallest absolute Gasteiger partial charge is 0.212 e. The number of nitrogens with one attached hydrogen (secondary N) is 1. The van der Waals surface area contributed by atoms with Crippen molar-refractivity contribution < 1.29 is 12.8 Å². The molecule has 7 heteroatoms. The maximum atomic E-state index is 11.5. The van der Waals surface area contributed by atoms with Gasteiger partial charge in [0.25, 0.3) is 0 Å². The predicted octanol–water partition coefficient (Wildman–Crippen LogP) is 1.73.